The first-order valence-corrected chi connectivity index (χ1v) is 29.7. The molecular formula is C59H92O25. The molecule has 0 unspecified atom stereocenters. The molecule has 0 aromatic rings. The van der Waals surface area contributed by atoms with Crippen molar-refractivity contribution in [2.45, 2.75) is 243 Å². The Bertz CT molecular complexity index is 2470. The summed E-state index contributed by atoms with van der Waals surface area (Å²) >= 11 is 0. The Balaban J connectivity index is 1.04. The van der Waals surface area contributed by atoms with Crippen LogP contribution in [0.1, 0.15) is 114 Å². The zero-order valence-corrected chi connectivity index (χ0v) is 49.6. The maximum absolute atomic E-state index is 13.7. The Kier molecular flexibility index (Phi) is 18.7. The maximum Gasteiger partial charge on any atom is 0.335 e. The Morgan fingerprint density at radius 2 is 1.29 bits per heavy atom. The quantitative estimate of drug-likeness (QED) is 0.0433. The largest absolute Gasteiger partial charge is 0.479 e. The van der Waals surface area contributed by atoms with E-state index in [2.05, 4.69) is 26.8 Å². The smallest absolute Gasteiger partial charge is 0.335 e. The van der Waals surface area contributed by atoms with E-state index in [-0.39, 0.29) is 24.0 Å². The standard InChI is InChI=1S/C59H92O25/c1-11-24(2)49(75)84-47-35(25(3)62)54(4,5)18-27-26-12-13-32-56(8)16-15-34(55(6,7)31(56)14-17-57(32,9)58(26,10)19-33(65)59(27,47)23-61)79-53-46(83-51-41(71)39(69)38(68)30(20-60)78-51)43(42(72)44(81-53)48(73)74)80-52-45(37(67)29(64)22-77-52)82-50-40(70)36(66)28(63)21-76-50/h11-12,27-47,50-53,60-61,63-72H,13-23H2,1-10H3,(H,73,74)/b24-11-/t27-,28+,29-,30+,31-,32+,33+,34-,35-,36-,37-,38-,39-,40+,41+,42-,43-,44-,45+,46+,47-,50-,51-,52-,53+,56-,57+,58+,59-/m0/s1. The van der Waals surface area contributed by atoms with Gasteiger partial charge in [-0.1, -0.05) is 66.2 Å². The van der Waals surface area contributed by atoms with Crippen molar-refractivity contribution < 1.29 is 123 Å². The fraction of sp³-hybridized carbons (Fsp3) is 0.881. The van der Waals surface area contributed by atoms with Crippen LogP contribution in [0.4, 0.5) is 0 Å². The fourth-order valence-corrected chi connectivity index (χ4v) is 17.5. The Morgan fingerprint density at radius 1 is 0.667 bits per heavy atom. The van der Waals surface area contributed by atoms with Crippen molar-refractivity contribution in [2.24, 2.45) is 56.2 Å². The molecule has 0 aromatic heterocycles. The molecule has 13 N–H and O–H groups in total. The molecule has 9 rings (SSSR count). The van der Waals surface area contributed by atoms with E-state index < -0.39 is 212 Å². The minimum atomic E-state index is -2.21. The minimum absolute atomic E-state index is 0.00424. The number of ketones is 1. The van der Waals surface area contributed by atoms with Crippen LogP contribution in [0.15, 0.2) is 23.3 Å². The van der Waals surface area contributed by atoms with Gasteiger partial charge < -0.3 is 109 Å². The molecule has 4 saturated heterocycles. The number of ether oxygens (including phenoxy) is 9. The number of rotatable bonds is 14. The molecule has 4 heterocycles. The molecule has 0 amide bonds. The van der Waals surface area contributed by atoms with Gasteiger partial charge in [0.1, 0.15) is 91.2 Å². The molecule has 0 radical (unpaired) electrons. The molecule has 0 aromatic carbocycles. The van der Waals surface area contributed by atoms with Crippen LogP contribution >= 0.6 is 0 Å². The summed E-state index contributed by atoms with van der Waals surface area (Å²) in [5, 5.41) is 144. The second-order valence-electron chi connectivity index (χ2n) is 27.7. The lowest BCUT2D eigenvalue weighted by molar-refractivity contribution is -0.399. The lowest BCUT2D eigenvalue weighted by Gasteiger charge is -2.72. The average molecular weight is 1200 g/mol. The number of hydrogen-bond acceptors (Lipinski definition) is 24. The molecule has 84 heavy (non-hydrogen) atoms. The Hall–Kier alpha value is -2.71. The van der Waals surface area contributed by atoms with Crippen molar-refractivity contribution in [1.82, 2.24) is 0 Å². The third-order valence-corrected chi connectivity index (χ3v) is 22.5. The molecule has 9 aliphatic rings. The number of carboxylic acid groups (broad SMARTS) is 1. The van der Waals surface area contributed by atoms with E-state index in [0.717, 1.165) is 5.57 Å². The predicted molar refractivity (Wildman–Crippen MR) is 287 cm³/mol. The highest BCUT2D eigenvalue weighted by Gasteiger charge is 2.74. The topological polar surface area (TPSA) is 397 Å². The monoisotopic (exact) mass is 1200 g/mol. The van der Waals surface area contributed by atoms with E-state index in [9.17, 15) is 80.8 Å². The van der Waals surface area contributed by atoms with Crippen molar-refractivity contribution in [3.63, 3.8) is 0 Å². The number of carboxylic acids is 1. The second kappa shape index (κ2) is 23.9. The average Bonchev–Trinajstić information content (AvgIpc) is 0.920. The van der Waals surface area contributed by atoms with Gasteiger partial charge in [-0.3, -0.25) is 4.79 Å². The lowest BCUT2D eigenvalue weighted by Crippen LogP contribution is -2.71. The number of hydrogen-bond donors (Lipinski definition) is 13. The van der Waals surface area contributed by atoms with E-state index in [4.69, 9.17) is 42.6 Å². The van der Waals surface area contributed by atoms with Crippen molar-refractivity contribution in [3.8, 4) is 0 Å². The molecule has 0 spiro atoms. The number of fused-ring (bicyclic) bond motifs is 7. The molecular weight excluding hydrogens is 1110 g/mol. The van der Waals surface area contributed by atoms with Crippen molar-refractivity contribution in [3.05, 3.63) is 23.3 Å². The number of aliphatic hydroxyl groups excluding tert-OH is 12. The molecule has 478 valence electrons. The van der Waals surface area contributed by atoms with Gasteiger partial charge in [-0.15, -0.1) is 0 Å². The van der Waals surface area contributed by atoms with Crippen LogP contribution in [0.5, 0.6) is 0 Å². The van der Waals surface area contributed by atoms with Crippen LogP contribution in [0.25, 0.3) is 0 Å². The zero-order valence-electron chi connectivity index (χ0n) is 49.6. The van der Waals surface area contributed by atoms with Gasteiger partial charge in [0.2, 0.25) is 0 Å². The van der Waals surface area contributed by atoms with Crippen molar-refractivity contribution >= 4 is 17.7 Å². The molecule has 4 aliphatic heterocycles. The summed E-state index contributed by atoms with van der Waals surface area (Å²) in [4.78, 5) is 40.5. The first-order chi connectivity index (χ1) is 39.2. The van der Waals surface area contributed by atoms with E-state index >= 15 is 0 Å². The minimum Gasteiger partial charge on any atom is -0.479 e. The van der Waals surface area contributed by atoms with Crippen LogP contribution in [0.3, 0.4) is 0 Å². The summed E-state index contributed by atoms with van der Waals surface area (Å²) in [7, 11) is 0. The highest BCUT2D eigenvalue weighted by Crippen LogP contribution is 2.76. The summed E-state index contributed by atoms with van der Waals surface area (Å²) in [6.07, 6.45) is -29.2. The first-order valence-electron chi connectivity index (χ1n) is 29.7. The van der Waals surface area contributed by atoms with Gasteiger partial charge in [-0.2, -0.15) is 0 Å². The third kappa shape index (κ3) is 10.6. The lowest BCUT2D eigenvalue weighted by atomic mass is 9.32. The highest BCUT2D eigenvalue weighted by molar-refractivity contribution is 5.88. The van der Waals surface area contributed by atoms with Gasteiger partial charge in [0, 0.05) is 5.57 Å². The van der Waals surface area contributed by atoms with Gasteiger partial charge in [0.25, 0.3) is 0 Å². The molecule has 8 fully saturated rings. The predicted octanol–water partition coefficient (Wildman–Crippen LogP) is -0.918. The highest BCUT2D eigenvalue weighted by atomic mass is 16.8. The van der Waals surface area contributed by atoms with Crippen LogP contribution in [-0.2, 0) is 57.0 Å². The van der Waals surface area contributed by atoms with Crippen LogP contribution in [-0.4, -0.2) is 239 Å². The number of aliphatic carboxylic acids is 1. The Labute approximate surface area is 488 Å². The zero-order chi connectivity index (χ0) is 61.9. The molecule has 4 saturated carbocycles. The third-order valence-electron chi connectivity index (χ3n) is 22.5. The number of carbonyl (C=O) groups excluding carboxylic acids is 2. The van der Waals surface area contributed by atoms with Crippen LogP contribution in [0.2, 0.25) is 0 Å². The summed E-state index contributed by atoms with van der Waals surface area (Å²) in [6.45, 7) is 17.1. The van der Waals surface area contributed by atoms with Gasteiger partial charge in [-0.25, -0.2) is 9.59 Å². The number of Topliss-reactive ketones (excluding diaryl/α,β-unsaturated/α-hetero) is 1. The van der Waals surface area contributed by atoms with Crippen LogP contribution in [0, 0.1) is 56.2 Å². The van der Waals surface area contributed by atoms with Crippen LogP contribution < -0.4 is 0 Å². The summed E-state index contributed by atoms with van der Waals surface area (Å²) < 4.78 is 54.9. The Morgan fingerprint density at radius 3 is 1.90 bits per heavy atom. The van der Waals surface area contributed by atoms with Crippen molar-refractivity contribution in [1.29, 1.82) is 0 Å². The van der Waals surface area contributed by atoms with E-state index in [1.54, 1.807) is 19.9 Å². The molecule has 0 bridgehead atoms. The number of esters is 1. The maximum atomic E-state index is 13.7. The van der Waals surface area contributed by atoms with Gasteiger partial charge in [0.05, 0.1) is 50.0 Å². The number of carbonyl (C=O) groups is 3. The van der Waals surface area contributed by atoms with E-state index in [1.165, 1.54) is 6.92 Å². The van der Waals surface area contributed by atoms with E-state index in [0.29, 0.717) is 44.1 Å². The van der Waals surface area contributed by atoms with E-state index in [1.807, 2.05) is 27.7 Å². The summed E-state index contributed by atoms with van der Waals surface area (Å²) in [5.41, 5.74) is -2.98. The molecule has 25 nitrogen and oxygen atoms in total. The molecule has 5 aliphatic carbocycles. The first kappa shape index (κ1) is 65.7. The van der Waals surface area contributed by atoms with Gasteiger partial charge >= 0.3 is 11.9 Å². The second-order valence-corrected chi connectivity index (χ2v) is 27.7. The summed E-state index contributed by atoms with van der Waals surface area (Å²) in [5.74, 6) is -3.88. The van der Waals surface area contributed by atoms with Crippen molar-refractivity contribution in [2.75, 3.05) is 26.4 Å². The number of allylic oxidation sites excluding steroid dienone is 3. The van der Waals surface area contributed by atoms with Gasteiger partial charge in [-0.05, 0) is 111 Å². The fourth-order valence-electron chi connectivity index (χ4n) is 17.5. The van der Waals surface area contributed by atoms with Gasteiger partial charge in [0.15, 0.2) is 31.3 Å². The summed E-state index contributed by atoms with van der Waals surface area (Å²) in [6, 6.07) is 0. The number of aliphatic hydroxyl groups is 12. The molecule has 29 atom stereocenters. The molecule has 25 heteroatoms. The SMILES string of the molecule is C/C=C(/C)C(=O)O[C@H]1[C@H](C(C)=O)C(C)(C)C[C@H]2C3=CC[C@@H]4[C@@]5(C)CC[C@H](O[C@@H]6O[C@H](C(=O)O)[C@@H](O)[C@H](O[C@@H]7OC[C@H](O)[C@H](O)[C@H]7O[C@@H]7OC[C@@H](O)[C@H](O)[C@H]7O)[C@H]6O[C@@H]6O[C@H](CO)[C@H](O)[C@H](O)[C@H]6O)C(C)(C)[C@@H]5CC[C@@]4(C)[C@]3(C)C[C@@H](O)[C@]21CO. The normalized spacial score (nSPS) is 51.0.